The minimum atomic E-state index is -1.08. The number of methoxy groups -OCH3 is 1. The van der Waals surface area contributed by atoms with Gasteiger partial charge in [-0.2, -0.15) is 0 Å². The lowest BCUT2D eigenvalue weighted by Gasteiger charge is -2.36. The molecule has 2 unspecified atom stereocenters. The molecule has 0 spiro atoms. The molecule has 7 heteroatoms. The quantitative estimate of drug-likeness (QED) is 0.361. The van der Waals surface area contributed by atoms with E-state index in [4.69, 9.17) is 14.2 Å². The first-order valence-corrected chi connectivity index (χ1v) is 9.45. The lowest BCUT2D eigenvalue weighted by Crippen LogP contribution is -2.49. The molecule has 2 atom stereocenters. The number of rotatable bonds is 11. The van der Waals surface area contributed by atoms with Crippen molar-refractivity contribution in [2.24, 2.45) is 5.92 Å². The molecule has 0 saturated carbocycles. The molecule has 1 amide bonds. The van der Waals surface area contributed by atoms with Crippen molar-refractivity contribution >= 4 is 17.6 Å². The lowest BCUT2D eigenvalue weighted by molar-refractivity contribution is -0.146. The summed E-state index contributed by atoms with van der Waals surface area (Å²) in [6.45, 7) is 2.72. The van der Waals surface area contributed by atoms with Gasteiger partial charge in [0.05, 0.1) is 18.8 Å². The molecule has 0 aromatic heterocycles. The summed E-state index contributed by atoms with van der Waals surface area (Å²) in [6.07, 6.45) is 3.72. The number of hydrogen-bond acceptors (Lipinski definition) is 5. The number of fused-ring (bicyclic) bond motifs is 1. The number of para-hydroxylation sites is 2. The SMILES string of the molecule is CCCCCCC(C(=O)O)C(=O)N1CC(COCOC)Oc2ccccc21. The van der Waals surface area contributed by atoms with Gasteiger partial charge in [0.2, 0.25) is 5.91 Å². The highest BCUT2D eigenvalue weighted by Crippen LogP contribution is 2.34. The highest BCUT2D eigenvalue weighted by molar-refractivity contribution is 6.06. The molecule has 1 aliphatic heterocycles. The fourth-order valence-corrected chi connectivity index (χ4v) is 3.17. The number of hydrogen-bond donors (Lipinski definition) is 1. The molecule has 150 valence electrons. The van der Waals surface area contributed by atoms with Gasteiger partial charge in [-0.15, -0.1) is 0 Å². The monoisotopic (exact) mass is 379 g/mol. The maximum Gasteiger partial charge on any atom is 0.316 e. The predicted molar refractivity (Wildman–Crippen MR) is 101 cm³/mol. The van der Waals surface area contributed by atoms with Gasteiger partial charge in [0.15, 0.2) is 0 Å². The van der Waals surface area contributed by atoms with E-state index in [1.807, 2.05) is 6.07 Å². The van der Waals surface area contributed by atoms with E-state index < -0.39 is 17.8 Å². The van der Waals surface area contributed by atoms with Crippen molar-refractivity contribution in [3.63, 3.8) is 0 Å². The maximum atomic E-state index is 13.1. The molecule has 1 N–H and O–H groups in total. The number of unbranched alkanes of at least 4 members (excludes halogenated alkanes) is 3. The van der Waals surface area contributed by atoms with Gasteiger partial charge in [0.25, 0.3) is 0 Å². The Morgan fingerprint density at radius 1 is 1.30 bits per heavy atom. The third-order valence-corrected chi connectivity index (χ3v) is 4.55. The van der Waals surface area contributed by atoms with Crippen LogP contribution in [-0.2, 0) is 19.1 Å². The fraction of sp³-hybridized carbons (Fsp3) is 0.600. The van der Waals surface area contributed by atoms with Crippen LogP contribution in [-0.4, -0.2) is 50.1 Å². The van der Waals surface area contributed by atoms with Crippen LogP contribution in [0.2, 0.25) is 0 Å². The van der Waals surface area contributed by atoms with Crippen LogP contribution >= 0.6 is 0 Å². The molecule has 0 radical (unpaired) electrons. The summed E-state index contributed by atoms with van der Waals surface area (Å²) in [5, 5.41) is 9.60. The van der Waals surface area contributed by atoms with E-state index in [1.54, 1.807) is 18.2 Å². The van der Waals surface area contributed by atoms with Gasteiger partial charge in [-0.1, -0.05) is 44.7 Å². The normalized spacial score (nSPS) is 17.1. The molecular formula is C20H29NO6. The van der Waals surface area contributed by atoms with Crippen LogP contribution < -0.4 is 9.64 Å². The third kappa shape index (κ3) is 5.94. The van der Waals surface area contributed by atoms with E-state index in [2.05, 4.69) is 6.92 Å². The molecule has 0 fully saturated rings. The topological polar surface area (TPSA) is 85.3 Å². The Kier molecular flexibility index (Phi) is 8.54. The van der Waals surface area contributed by atoms with Crippen LogP contribution in [0.4, 0.5) is 5.69 Å². The molecule has 1 aliphatic rings. The minimum Gasteiger partial charge on any atom is -0.484 e. The second-order valence-corrected chi connectivity index (χ2v) is 6.67. The molecule has 2 rings (SSSR count). The Bertz CT molecular complexity index is 620. The van der Waals surface area contributed by atoms with Crippen molar-refractivity contribution in [2.75, 3.05) is 32.0 Å². The van der Waals surface area contributed by atoms with Crippen molar-refractivity contribution in [1.82, 2.24) is 0 Å². The van der Waals surface area contributed by atoms with Gasteiger partial charge in [-0.05, 0) is 18.6 Å². The second kappa shape index (κ2) is 10.9. The Morgan fingerprint density at radius 2 is 2.07 bits per heavy atom. The van der Waals surface area contributed by atoms with Crippen LogP contribution in [0.3, 0.4) is 0 Å². The number of carboxylic acids is 1. The minimum absolute atomic E-state index is 0.130. The second-order valence-electron chi connectivity index (χ2n) is 6.67. The highest BCUT2D eigenvalue weighted by Gasteiger charge is 2.36. The Hall–Kier alpha value is -2.12. The first-order chi connectivity index (χ1) is 13.1. The van der Waals surface area contributed by atoms with Crippen LogP contribution in [0.25, 0.3) is 0 Å². The Morgan fingerprint density at radius 3 is 2.78 bits per heavy atom. The van der Waals surface area contributed by atoms with Crippen molar-refractivity contribution in [1.29, 1.82) is 0 Å². The first kappa shape index (κ1) is 21.2. The number of nitrogens with zero attached hydrogens (tertiary/aromatic N) is 1. The zero-order valence-corrected chi connectivity index (χ0v) is 16.1. The Labute approximate surface area is 160 Å². The van der Waals surface area contributed by atoms with Crippen LogP contribution in [0.15, 0.2) is 24.3 Å². The van der Waals surface area contributed by atoms with Crippen LogP contribution in [0, 0.1) is 5.92 Å². The average Bonchev–Trinajstić information content (AvgIpc) is 2.67. The molecule has 1 aromatic carbocycles. The lowest BCUT2D eigenvalue weighted by atomic mass is 9.98. The van der Waals surface area contributed by atoms with E-state index >= 15 is 0 Å². The molecule has 1 aromatic rings. The maximum absolute atomic E-state index is 13.1. The summed E-state index contributed by atoms with van der Waals surface area (Å²) in [6, 6.07) is 7.17. The number of amides is 1. The van der Waals surface area contributed by atoms with Gasteiger partial charge in [-0.3, -0.25) is 9.59 Å². The number of carbonyl (C=O) groups is 2. The smallest absolute Gasteiger partial charge is 0.316 e. The fourth-order valence-electron chi connectivity index (χ4n) is 3.17. The van der Waals surface area contributed by atoms with Crippen molar-refractivity contribution in [3.05, 3.63) is 24.3 Å². The largest absolute Gasteiger partial charge is 0.484 e. The number of carboxylic acid groups (broad SMARTS) is 1. The van der Waals surface area contributed by atoms with E-state index in [1.165, 1.54) is 12.0 Å². The summed E-state index contributed by atoms with van der Waals surface area (Å²) >= 11 is 0. The number of anilines is 1. The summed E-state index contributed by atoms with van der Waals surface area (Å²) < 4.78 is 16.1. The zero-order chi connectivity index (χ0) is 19.6. The molecule has 0 bridgehead atoms. The van der Waals surface area contributed by atoms with E-state index in [-0.39, 0.29) is 26.0 Å². The van der Waals surface area contributed by atoms with Crippen LogP contribution in [0.5, 0.6) is 5.75 Å². The molecule has 7 nitrogen and oxygen atoms in total. The van der Waals surface area contributed by atoms with Gasteiger partial charge in [-0.25, -0.2) is 0 Å². The first-order valence-electron chi connectivity index (χ1n) is 9.45. The number of aliphatic carboxylic acids is 1. The van der Waals surface area contributed by atoms with Crippen molar-refractivity contribution < 1.29 is 28.9 Å². The number of carbonyl (C=O) groups excluding carboxylic acids is 1. The zero-order valence-electron chi connectivity index (χ0n) is 16.1. The molecule has 27 heavy (non-hydrogen) atoms. The summed E-state index contributed by atoms with van der Waals surface area (Å²) in [7, 11) is 1.53. The highest BCUT2D eigenvalue weighted by atomic mass is 16.7. The van der Waals surface area contributed by atoms with Gasteiger partial charge in [0.1, 0.15) is 24.6 Å². The summed E-state index contributed by atoms with van der Waals surface area (Å²) in [4.78, 5) is 26.3. The van der Waals surface area contributed by atoms with E-state index in [9.17, 15) is 14.7 Å². The van der Waals surface area contributed by atoms with Crippen LogP contribution in [0.1, 0.15) is 39.0 Å². The third-order valence-electron chi connectivity index (χ3n) is 4.55. The number of benzene rings is 1. The van der Waals surface area contributed by atoms with Gasteiger partial charge in [0, 0.05) is 7.11 Å². The molecule has 0 aliphatic carbocycles. The molecule has 1 heterocycles. The predicted octanol–water partition coefficient (Wildman–Crippen LogP) is 3.07. The number of ether oxygens (including phenoxy) is 3. The van der Waals surface area contributed by atoms with Crippen molar-refractivity contribution in [3.8, 4) is 5.75 Å². The average molecular weight is 379 g/mol. The Balaban J connectivity index is 2.13. The summed E-state index contributed by atoms with van der Waals surface area (Å²) in [5.74, 6) is -1.97. The van der Waals surface area contributed by atoms with Gasteiger partial charge < -0.3 is 24.2 Å². The standard InChI is InChI=1S/C20H29NO6/c1-3-4-5-6-9-16(20(23)24)19(22)21-12-15(13-26-14-25-2)27-18-11-8-7-10-17(18)21/h7-8,10-11,15-16H,3-6,9,12-14H2,1-2H3,(H,23,24). The molecule has 0 saturated heterocycles. The summed E-state index contributed by atoms with van der Waals surface area (Å²) in [5.41, 5.74) is 0.602. The van der Waals surface area contributed by atoms with Crippen molar-refractivity contribution in [2.45, 2.75) is 45.1 Å². The molecular weight excluding hydrogens is 350 g/mol. The van der Waals surface area contributed by atoms with Gasteiger partial charge >= 0.3 is 5.97 Å². The van der Waals surface area contributed by atoms with E-state index in [0.29, 0.717) is 17.9 Å². The van der Waals surface area contributed by atoms with E-state index in [0.717, 1.165) is 25.7 Å².